The average Bonchev–Trinajstić information content (AvgIpc) is 3.50. The van der Waals surface area contributed by atoms with Gasteiger partial charge in [-0.1, -0.05) is 42.8 Å². The third-order valence-electron chi connectivity index (χ3n) is 7.23. The first-order valence-electron chi connectivity index (χ1n) is 13.6. The third-order valence-corrected chi connectivity index (χ3v) is 7.23. The van der Waals surface area contributed by atoms with Gasteiger partial charge in [0.05, 0.1) is 12.7 Å². The summed E-state index contributed by atoms with van der Waals surface area (Å²) in [6.45, 7) is 8.01. The van der Waals surface area contributed by atoms with Crippen LogP contribution >= 0.6 is 0 Å². The van der Waals surface area contributed by atoms with Gasteiger partial charge in [0.25, 0.3) is 11.8 Å². The summed E-state index contributed by atoms with van der Waals surface area (Å²) in [5.74, 6) is -2.16. The Labute approximate surface area is 232 Å². The minimum Gasteiger partial charge on any atom is -0.459 e. The Morgan fingerprint density at radius 1 is 1.10 bits per heavy atom. The molecular formula is C28H36N4O8. The molecule has 0 spiro atoms. The maximum Gasteiger partial charge on any atom is 0.333 e. The van der Waals surface area contributed by atoms with Gasteiger partial charge in [-0.15, -0.1) is 10.2 Å². The van der Waals surface area contributed by atoms with E-state index in [0.717, 1.165) is 16.8 Å². The third kappa shape index (κ3) is 7.30. The predicted octanol–water partition coefficient (Wildman–Crippen LogP) is 2.98. The first-order chi connectivity index (χ1) is 19.1. The second kappa shape index (κ2) is 13.1. The van der Waals surface area contributed by atoms with Crippen molar-refractivity contribution < 1.29 is 38.2 Å². The van der Waals surface area contributed by atoms with Gasteiger partial charge in [0.1, 0.15) is 17.9 Å². The van der Waals surface area contributed by atoms with E-state index < -0.39 is 36.3 Å². The van der Waals surface area contributed by atoms with Gasteiger partial charge in [-0.3, -0.25) is 14.4 Å². The molecule has 1 aromatic carbocycles. The molecule has 0 bridgehead atoms. The highest BCUT2D eigenvalue weighted by Crippen LogP contribution is 2.34. The number of nitrogens with zero attached hydrogens (tertiary/aromatic N) is 4. The Balaban J connectivity index is 1.31. The molecule has 0 N–H and O–H groups in total. The first kappa shape index (κ1) is 29.3. The molecule has 2 fully saturated rings. The summed E-state index contributed by atoms with van der Waals surface area (Å²) in [4.78, 5) is 52.0. The Kier molecular flexibility index (Phi) is 9.64. The fourth-order valence-corrected chi connectivity index (χ4v) is 4.86. The Morgan fingerprint density at radius 2 is 1.85 bits per heavy atom. The number of ether oxygens (including phenoxy) is 3. The van der Waals surface area contributed by atoms with Crippen molar-refractivity contribution in [1.29, 1.82) is 0 Å². The lowest BCUT2D eigenvalue weighted by atomic mass is 9.84. The van der Waals surface area contributed by atoms with E-state index in [4.69, 9.17) is 19.0 Å². The molecule has 1 aromatic heterocycles. The molecule has 12 nitrogen and oxygen atoms in total. The molecule has 0 saturated carbocycles. The predicted molar refractivity (Wildman–Crippen MR) is 140 cm³/mol. The summed E-state index contributed by atoms with van der Waals surface area (Å²) in [5, 5.41) is 9.11. The molecule has 2 amide bonds. The van der Waals surface area contributed by atoms with Crippen LogP contribution in [0.5, 0.6) is 0 Å². The van der Waals surface area contributed by atoms with Crippen molar-refractivity contribution in [2.75, 3.05) is 6.61 Å². The molecule has 2 saturated heterocycles. The monoisotopic (exact) mass is 556 g/mol. The number of hydrogen-bond acceptors (Lipinski definition) is 10. The number of unbranched alkanes of at least 4 members (excludes halogenated alkanes) is 1. The van der Waals surface area contributed by atoms with Gasteiger partial charge in [0, 0.05) is 50.2 Å². The van der Waals surface area contributed by atoms with Crippen LogP contribution in [0.25, 0.3) is 11.3 Å². The number of aromatic nitrogens is 3. The minimum atomic E-state index is -0.637. The van der Waals surface area contributed by atoms with E-state index in [-0.39, 0.29) is 37.1 Å². The molecule has 2 aliphatic rings. The summed E-state index contributed by atoms with van der Waals surface area (Å²) in [7, 11) is 0. The molecule has 40 heavy (non-hydrogen) atoms. The quantitative estimate of drug-likeness (QED) is 0.231. The van der Waals surface area contributed by atoms with E-state index in [1.165, 1.54) is 6.92 Å². The largest absolute Gasteiger partial charge is 0.459 e. The SMILES string of the molecule is CC(=O)O[C@H]1C(Cn2cc(-c3cccc(C)c3)nn2)O[C@@H](OCCCCC(=O)ON2C(=O)CCC2=O)C(C)[C@H]1C. The second-order valence-corrected chi connectivity index (χ2v) is 10.4. The lowest BCUT2D eigenvalue weighted by Crippen LogP contribution is -2.53. The molecule has 4 rings (SSSR count). The lowest BCUT2D eigenvalue weighted by Gasteiger charge is -2.43. The summed E-state index contributed by atoms with van der Waals surface area (Å²) in [6.07, 6.45) is 1.42. The molecule has 5 atom stereocenters. The van der Waals surface area contributed by atoms with E-state index in [1.807, 2.05) is 51.2 Å². The Morgan fingerprint density at radius 3 is 2.55 bits per heavy atom. The highest BCUT2D eigenvalue weighted by Gasteiger charge is 2.44. The topological polar surface area (TPSA) is 139 Å². The van der Waals surface area contributed by atoms with Crippen LogP contribution in [-0.2, 0) is 44.8 Å². The van der Waals surface area contributed by atoms with Crippen LogP contribution in [0.4, 0.5) is 0 Å². The molecule has 216 valence electrons. The normalized spacial score (nSPS) is 24.8. The first-order valence-corrected chi connectivity index (χ1v) is 13.6. The molecule has 2 unspecified atom stereocenters. The summed E-state index contributed by atoms with van der Waals surface area (Å²) >= 11 is 0. The smallest absolute Gasteiger partial charge is 0.333 e. The van der Waals surface area contributed by atoms with Gasteiger partial charge < -0.3 is 19.0 Å². The number of amides is 2. The second-order valence-electron chi connectivity index (χ2n) is 10.4. The van der Waals surface area contributed by atoms with Crippen molar-refractivity contribution in [3.8, 4) is 11.3 Å². The number of carbonyl (C=O) groups is 4. The maximum absolute atomic E-state index is 12.0. The zero-order valence-corrected chi connectivity index (χ0v) is 23.3. The van der Waals surface area contributed by atoms with Crippen LogP contribution in [0.15, 0.2) is 30.5 Å². The summed E-state index contributed by atoms with van der Waals surface area (Å²) < 4.78 is 19.7. The fourth-order valence-electron chi connectivity index (χ4n) is 4.86. The standard InChI is InChI=1S/C28H36N4O8/c1-17-8-7-9-21(14-17)22-15-31(30-29-22)16-23-27(38-20(4)33)18(2)19(3)28(39-23)37-13-6-5-10-26(36)40-32-24(34)11-12-25(32)35/h7-9,14-15,18-19,23,27-28H,5-6,10-13,16H2,1-4H3/t18-,19?,23?,27-,28-/m1/s1. The van der Waals surface area contributed by atoms with Crippen LogP contribution < -0.4 is 0 Å². The van der Waals surface area contributed by atoms with Crippen molar-refractivity contribution in [3.05, 3.63) is 36.0 Å². The summed E-state index contributed by atoms with van der Waals surface area (Å²) in [5.41, 5.74) is 2.81. The fraction of sp³-hybridized carbons (Fsp3) is 0.571. The zero-order valence-electron chi connectivity index (χ0n) is 23.3. The molecular weight excluding hydrogens is 520 g/mol. The van der Waals surface area contributed by atoms with Gasteiger partial charge in [-0.25, -0.2) is 9.48 Å². The lowest BCUT2D eigenvalue weighted by molar-refractivity contribution is -0.269. The number of hydrogen-bond donors (Lipinski definition) is 0. The van der Waals surface area contributed by atoms with E-state index >= 15 is 0 Å². The van der Waals surface area contributed by atoms with Crippen molar-refractivity contribution >= 4 is 23.8 Å². The van der Waals surface area contributed by atoms with Gasteiger partial charge >= 0.3 is 11.9 Å². The van der Waals surface area contributed by atoms with E-state index in [2.05, 4.69) is 10.3 Å². The van der Waals surface area contributed by atoms with E-state index in [1.54, 1.807) is 4.68 Å². The van der Waals surface area contributed by atoms with Gasteiger partial charge in [0.2, 0.25) is 0 Å². The van der Waals surface area contributed by atoms with Crippen LogP contribution in [0.2, 0.25) is 0 Å². The van der Waals surface area contributed by atoms with Gasteiger partial charge in [-0.05, 0) is 25.8 Å². The molecule has 2 aromatic rings. The van der Waals surface area contributed by atoms with Crippen LogP contribution in [-0.4, -0.2) is 68.9 Å². The average molecular weight is 557 g/mol. The molecule has 3 heterocycles. The van der Waals surface area contributed by atoms with Gasteiger partial charge in [-0.2, -0.15) is 0 Å². The highest BCUT2D eigenvalue weighted by atomic mass is 16.7. The Hall–Kier alpha value is -3.64. The van der Waals surface area contributed by atoms with Crippen molar-refractivity contribution in [1.82, 2.24) is 20.1 Å². The van der Waals surface area contributed by atoms with Crippen LogP contribution in [0.3, 0.4) is 0 Å². The number of rotatable bonds is 11. The van der Waals surface area contributed by atoms with E-state index in [9.17, 15) is 19.2 Å². The van der Waals surface area contributed by atoms with Crippen molar-refractivity contribution in [2.24, 2.45) is 11.8 Å². The van der Waals surface area contributed by atoms with Crippen molar-refractivity contribution in [2.45, 2.75) is 84.8 Å². The number of esters is 1. The van der Waals surface area contributed by atoms with Gasteiger partial charge in [0.15, 0.2) is 6.29 Å². The van der Waals surface area contributed by atoms with E-state index in [0.29, 0.717) is 31.1 Å². The number of benzene rings is 1. The molecule has 0 radical (unpaired) electrons. The Bertz CT molecular complexity index is 1210. The van der Waals surface area contributed by atoms with Crippen molar-refractivity contribution in [3.63, 3.8) is 0 Å². The van der Waals surface area contributed by atoms with Crippen LogP contribution in [0.1, 0.15) is 58.4 Å². The molecule has 2 aliphatic heterocycles. The minimum absolute atomic E-state index is 0.0463. The maximum atomic E-state index is 12.0. The molecule has 12 heteroatoms. The number of hydroxylamine groups is 2. The molecule has 0 aliphatic carbocycles. The summed E-state index contributed by atoms with van der Waals surface area (Å²) in [6, 6.07) is 7.99. The highest BCUT2D eigenvalue weighted by molar-refractivity contribution is 6.01. The number of aryl methyl sites for hydroxylation is 1. The number of carbonyl (C=O) groups excluding carboxylic acids is 4. The van der Waals surface area contributed by atoms with Crippen LogP contribution in [0, 0.1) is 18.8 Å². The zero-order chi connectivity index (χ0) is 28.8. The number of imide groups is 1.